The Morgan fingerprint density at radius 2 is 2.29 bits per heavy atom. The van der Waals surface area contributed by atoms with Gasteiger partial charge in [-0.15, -0.1) is 0 Å². The van der Waals surface area contributed by atoms with E-state index >= 15 is 0 Å². The highest BCUT2D eigenvalue weighted by molar-refractivity contribution is 6.30. The van der Waals surface area contributed by atoms with E-state index in [1.165, 1.54) is 0 Å². The number of hydrogen-bond acceptors (Lipinski definition) is 4. The van der Waals surface area contributed by atoms with E-state index in [0.29, 0.717) is 11.2 Å². The van der Waals surface area contributed by atoms with Crippen molar-refractivity contribution in [1.29, 1.82) is 0 Å². The van der Waals surface area contributed by atoms with Crippen molar-refractivity contribution in [2.24, 2.45) is 0 Å². The minimum atomic E-state index is 0.332. The lowest BCUT2D eigenvalue weighted by molar-refractivity contribution is 0.0875. The number of hydrogen-bond donors (Lipinski definition) is 1. The Morgan fingerprint density at radius 3 is 2.94 bits per heavy atom. The molecule has 1 aliphatic heterocycles. The molecule has 1 aliphatic rings. The van der Waals surface area contributed by atoms with Gasteiger partial charge in [0, 0.05) is 18.6 Å². The van der Waals surface area contributed by atoms with Gasteiger partial charge in [0.1, 0.15) is 16.8 Å². The molecule has 2 heterocycles. The third-order valence-electron chi connectivity index (χ3n) is 2.95. The maximum Gasteiger partial charge on any atom is 0.137 e. The van der Waals surface area contributed by atoms with E-state index in [0.717, 1.165) is 49.7 Å². The molecule has 0 radical (unpaired) electrons. The Hall–Kier alpha value is -0.870. The normalized spacial score (nSPS) is 20.3. The first-order chi connectivity index (χ1) is 8.20. The summed E-state index contributed by atoms with van der Waals surface area (Å²) in [7, 11) is 0. The van der Waals surface area contributed by atoms with Crippen LogP contribution in [0.2, 0.25) is 5.15 Å². The number of ether oxygens (including phenoxy) is 1. The Bertz CT molecular complexity index is 392. The number of aromatic nitrogens is 2. The van der Waals surface area contributed by atoms with Gasteiger partial charge in [0.15, 0.2) is 0 Å². The molecule has 0 amide bonds. The first kappa shape index (κ1) is 12.6. The molecule has 5 heteroatoms. The summed E-state index contributed by atoms with van der Waals surface area (Å²) in [5.74, 6) is 1.62. The number of anilines is 1. The summed E-state index contributed by atoms with van der Waals surface area (Å²) >= 11 is 6.09. The summed E-state index contributed by atoms with van der Waals surface area (Å²) in [6.45, 7) is 5.56. The number of nitrogens with one attached hydrogen (secondary N) is 1. The van der Waals surface area contributed by atoms with Gasteiger partial charge >= 0.3 is 0 Å². The zero-order valence-electron chi connectivity index (χ0n) is 10.3. The van der Waals surface area contributed by atoms with Crippen LogP contribution in [-0.4, -0.2) is 29.2 Å². The average molecular weight is 256 g/mol. The van der Waals surface area contributed by atoms with E-state index in [2.05, 4.69) is 15.3 Å². The first-order valence-electron chi connectivity index (χ1n) is 6.08. The third kappa shape index (κ3) is 3.07. The van der Waals surface area contributed by atoms with E-state index < -0.39 is 0 Å². The second-order valence-electron chi connectivity index (χ2n) is 4.32. The van der Waals surface area contributed by atoms with Crippen LogP contribution in [0, 0.1) is 6.92 Å². The lowest BCUT2D eigenvalue weighted by Crippen LogP contribution is -2.30. The van der Waals surface area contributed by atoms with Crippen LogP contribution in [-0.2, 0) is 11.2 Å². The van der Waals surface area contributed by atoms with Crippen molar-refractivity contribution in [2.45, 2.75) is 39.2 Å². The molecule has 0 aromatic carbocycles. The van der Waals surface area contributed by atoms with Crippen molar-refractivity contribution < 1.29 is 4.74 Å². The molecule has 17 heavy (non-hydrogen) atoms. The van der Waals surface area contributed by atoms with Gasteiger partial charge in [-0.05, 0) is 19.8 Å². The summed E-state index contributed by atoms with van der Waals surface area (Å²) in [6.07, 6.45) is 2.99. The monoisotopic (exact) mass is 255 g/mol. The quantitative estimate of drug-likeness (QED) is 0.844. The lowest BCUT2D eigenvalue weighted by atomic mass is 10.1. The minimum absolute atomic E-state index is 0.332. The van der Waals surface area contributed by atoms with Crippen LogP contribution in [0.5, 0.6) is 0 Å². The van der Waals surface area contributed by atoms with Gasteiger partial charge in [-0.25, -0.2) is 9.97 Å². The maximum atomic E-state index is 6.09. The highest BCUT2D eigenvalue weighted by atomic mass is 35.5. The highest BCUT2D eigenvalue weighted by Crippen LogP contribution is 2.22. The van der Waals surface area contributed by atoms with Gasteiger partial charge in [0.25, 0.3) is 0 Å². The number of aryl methyl sites for hydroxylation is 1. The Kier molecular flexibility index (Phi) is 4.18. The zero-order valence-corrected chi connectivity index (χ0v) is 11.0. The Balaban J connectivity index is 2.15. The fourth-order valence-electron chi connectivity index (χ4n) is 1.88. The maximum absolute atomic E-state index is 6.09. The van der Waals surface area contributed by atoms with Gasteiger partial charge in [0.2, 0.25) is 0 Å². The van der Waals surface area contributed by atoms with Crippen molar-refractivity contribution in [1.82, 2.24) is 9.97 Å². The van der Waals surface area contributed by atoms with Crippen LogP contribution in [0.15, 0.2) is 0 Å². The van der Waals surface area contributed by atoms with Crippen LogP contribution < -0.4 is 5.32 Å². The van der Waals surface area contributed by atoms with E-state index in [9.17, 15) is 0 Å². The molecule has 2 rings (SSSR count). The molecule has 4 nitrogen and oxygen atoms in total. The number of rotatable bonds is 3. The van der Waals surface area contributed by atoms with Crippen LogP contribution in [0.4, 0.5) is 5.82 Å². The number of halogens is 1. The molecule has 1 aromatic heterocycles. The van der Waals surface area contributed by atoms with Gasteiger partial charge in [-0.2, -0.15) is 0 Å². The molecule has 0 bridgehead atoms. The summed E-state index contributed by atoms with van der Waals surface area (Å²) in [6, 6.07) is 0.332. The molecule has 1 unspecified atom stereocenters. The van der Waals surface area contributed by atoms with Crippen molar-refractivity contribution in [3.8, 4) is 0 Å². The molecule has 94 valence electrons. The first-order valence-corrected chi connectivity index (χ1v) is 6.45. The molecule has 0 saturated carbocycles. The van der Waals surface area contributed by atoms with Crippen molar-refractivity contribution in [3.63, 3.8) is 0 Å². The molecule has 1 N–H and O–H groups in total. The topological polar surface area (TPSA) is 47.0 Å². The van der Waals surface area contributed by atoms with Gasteiger partial charge in [0.05, 0.1) is 12.6 Å². The summed E-state index contributed by atoms with van der Waals surface area (Å²) in [4.78, 5) is 8.71. The molecular formula is C12H18ClN3O. The predicted octanol–water partition coefficient (Wildman–Crippen LogP) is 2.59. The van der Waals surface area contributed by atoms with E-state index in [4.69, 9.17) is 16.3 Å². The largest absolute Gasteiger partial charge is 0.379 e. The van der Waals surface area contributed by atoms with Crippen molar-refractivity contribution in [3.05, 3.63) is 16.5 Å². The van der Waals surface area contributed by atoms with Crippen LogP contribution >= 0.6 is 11.6 Å². The standard InChI is InChI=1S/C12H18ClN3O/c1-3-10-15-11(13)8(2)12(16-10)14-9-5-4-6-17-7-9/h9H,3-7H2,1-2H3,(H,14,15,16). The Labute approximate surface area is 107 Å². The summed E-state index contributed by atoms with van der Waals surface area (Å²) < 4.78 is 5.44. The SMILES string of the molecule is CCc1nc(Cl)c(C)c(NC2CCCOC2)n1. The van der Waals surface area contributed by atoms with Crippen LogP contribution in [0.25, 0.3) is 0 Å². The third-order valence-corrected chi connectivity index (χ3v) is 3.32. The van der Waals surface area contributed by atoms with E-state index in [1.54, 1.807) is 0 Å². The smallest absolute Gasteiger partial charge is 0.137 e. The summed E-state index contributed by atoms with van der Waals surface area (Å²) in [5, 5.41) is 3.94. The van der Waals surface area contributed by atoms with Gasteiger partial charge in [-0.1, -0.05) is 18.5 Å². The fourth-order valence-corrected chi connectivity index (χ4v) is 2.07. The van der Waals surface area contributed by atoms with Crippen molar-refractivity contribution in [2.75, 3.05) is 18.5 Å². The zero-order chi connectivity index (χ0) is 12.3. The molecule has 0 aliphatic carbocycles. The average Bonchev–Trinajstić information content (AvgIpc) is 2.36. The highest BCUT2D eigenvalue weighted by Gasteiger charge is 2.16. The van der Waals surface area contributed by atoms with E-state index in [-0.39, 0.29) is 0 Å². The van der Waals surface area contributed by atoms with Gasteiger partial charge in [-0.3, -0.25) is 0 Å². The van der Waals surface area contributed by atoms with E-state index in [1.807, 2.05) is 13.8 Å². The second kappa shape index (κ2) is 5.65. The molecule has 0 spiro atoms. The molecule has 1 saturated heterocycles. The summed E-state index contributed by atoms with van der Waals surface area (Å²) in [5.41, 5.74) is 0.912. The molecule has 1 atom stereocenters. The fraction of sp³-hybridized carbons (Fsp3) is 0.667. The van der Waals surface area contributed by atoms with Gasteiger partial charge < -0.3 is 10.1 Å². The molecule has 1 aromatic rings. The van der Waals surface area contributed by atoms with Crippen LogP contribution in [0.1, 0.15) is 31.2 Å². The van der Waals surface area contributed by atoms with Crippen LogP contribution in [0.3, 0.4) is 0 Å². The van der Waals surface area contributed by atoms with Crippen molar-refractivity contribution >= 4 is 17.4 Å². The second-order valence-corrected chi connectivity index (χ2v) is 4.67. The molecular weight excluding hydrogens is 238 g/mol. The lowest BCUT2D eigenvalue weighted by Gasteiger charge is -2.24. The minimum Gasteiger partial charge on any atom is -0.379 e. The predicted molar refractivity (Wildman–Crippen MR) is 68.6 cm³/mol. The molecule has 1 fully saturated rings. The Morgan fingerprint density at radius 1 is 1.47 bits per heavy atom. The number of nitrogens with zero attached hydrogens (tertiary/aromatic N) is 2.